The Balaban J connectivity index is 1.55. The molecule has 0 amide bonds. The molecule has 0 radical (unpaired) electrons. The second-order valence-electron chi connectivity index (χ2n) is 7.99. The van der Waals surface area contributed by atoms with Crippen LogP contribution in [0.25, 0.3) is 11.0 Å². The van der Waals surface area contributed by atoms with Gasteiger partial charge in [-0.15, -0.1) is 0 Å². The predicted molar refractivity (Wildman–Crippen MR) is 126 cm³/mol. The van der Waals surface area contributed by atoms with E-state index in [1.54, 1.807) is 0 Å². The number of nitrogens with two attached hydrogens (primary N) is 1. The van der Waals surface area contributed by atoms with E-state index in [2.05, 4.69) is 20.4 Å². The van der Waals surface area contributed by atoms with Crippen molar-refractivity contribution in [3.63, 3.8) is 0 Å². The number of aromatic nitrogens is 4. The van der Waals surface area contributed by atoms with Crippen molar-refractivity contribution in [1.29, 1.82) is 0 Å². The van der Waals surface area contributed by atoms with Gasteiger partial charge >= 0.3 is 15.2 Å². The van der Waals surface area contributed by atoms with Crippen LogP contribution in [0.2, 0.25) is 5.28 Å². The van der Waals surface area contributed by atoms with Crippen LogP contribution in [-0.2, 0) is 18.4 Å². The maximum atomic E-state index is 11.9. The zero-order chi connectivity index (χ0) is 26.3. The fourth-order valence-corrected chi connectivity index (χ4v) is 6.35. The molecule has 1 saturated heterocycles. The molecule has 1 aromatic carbocycles. The van der Waals surface area contributed by atoms with Gasteiger partial charge in [-0.25, -0.2) is 4.68 Å². The summed E-state index contributed by atoms with van der Waals surface area (Å²) < 4.78 is 34.4. The minimum atomic E-state index is -4.84. The van der Waals surface area contributed by atoms with Gasteiger partial charge in [0.2, 0.25) is 5.28 Å². The van der Waals surface area contributed by atoms with Crippen LogP contribution in [-0.4, -0.2) is 75.5 Å². The van der Waals surface area contributed by atoms with E-state index < -0.39 is 58.4 Å². The molecule has 15 nitrogen and oxygen atoms in total. The lowest BCUT2D eigenvalue weighted by molar-refractivity contribution is -0.0541. The van der Waals surface area contributed by atoms with E-state index in [9.17, 15) is 24.2 Å². The first-order valence-corrected chi connectivity index (χ1v) is 14.3. The molecule has 4 rings (SSSR count). The Morgan fingerprint density at radius 3 is 2.53 bits per heavy atom. The first-order valence-electron chi connectivity index (χ1n) is 10.3. The number of aliphatic hydroxyl groups excluding tert-OH is 2. The molecule has 1 aliphatic rings. The summed E-state index contributed by atoms with van der Waals surface area (Å²) in [5.74, 6) is -1.16. The molecule has 196 valence electrons. The lowest BCUT2D eigenvalue weighted by Gasteiger charge is -2.18. The summed E-state index contributed by atoms with van der Waals surface area (Å²) in [6, 6.07) is 9.13. The Hall–Kier alpha value is -2.00. The van der Waals surface area contributed by atoms with Crippen molar-refractivity contribution in [3.05, 3.63) is 47.4 Å². The number of hydrogen-bond acceptors (Lipinski definition) is 11. The number of hydrogen-bond donors (Lipinski definition) is 7. The molecule has 36 heavy (non-hydrogen) atoms. The molecule has 0 aliphatic carbocycles. The van der Waals surface area contributed by atoms with Crippen LogP contribution in [0.3, 0.4) is 0 Å². The van der Waals surface area contributed by atoms with Crippen molar-refractivity contribution < 1.29 is 43.3 Å². The molecular formula is C18H23ClN6O9P2. The van der Waals surface area contributed by atoms with Crippen molar-refractivity contribution in [3.8, 4) is 0 Å². The van der Waals surface area contributed by atoms with Gasteiger partial charge in [0.05, 0.1) is 18.2 Å². The zero-order valence-electron chi connectivity index (χ0n) is 18.3. The van der Waals surface area contributed by atoms with E-state index in [0.717, 1.165) is 10.2 Å². The van der Waals surface area contributed by atoms with Crippen LogP contribution < -0.4 is 11.1 Å². The van der Waals surface area contributed by atoms with Crippen LogP contribution in [0.4, 0.5) is 5.82 Å². The van der Waals surface area contributed by atoms with Crippen LogP contribution in [0.5, 0.6) is 0 Å². The highest BCUT2D eigenvalue weighted by molar-refractivity contribution is 7.70. The van der Waals surface area contributed by atoms with Crippen molar-refractivity contribution in [2.24, 2.45) is 5.73 Å². The largest absolute Gasteiger partial charge is 0.387 e. The lowest BCUT2D eigenvalue weighted by atomic mass is 10.1. The van der Waals surface area contributed by atoms with Crippen molar-refractivity contribution >= 4 is 43.6 Å². The van der Waals surface area contributed by atoms with Gasteiger partial charge in [0.25, 0.3) is 0 Å². The number of nitrogens with zero attached hydrogens (tertiary/aromatic N) is 4. The van der Waals surface area contributed by atoms with Gasteiger partial charge in [-0.1, -0.05) is 30.3 Å². The second kappa shape index (κ2) is 10.4. The number of anilines is 1. The first-order chi connectivity index (χ1) is 16.8. The highest BCUT2D eigenvalue weighted by Gasteiger charge is 2.46. The SMILES string of the molecule is N[C@@H](Nc1nc(Cl)nc2c1cnn2[C@@H]1O[C@H](COP(=O)(O)CP(=O)(O)O)[C@@H](O)[C@H]1O)c1ccccc1. The normalized spacial score (nSPS) is 25.1. The van der Waals surface area contributed by atoms with Crippen LogP contribution >= 0.6 is 26.8 Å². The second-order valence-corrected chi connectivity index (χ2v) is 12.3. The Morgan fingerprint density at radius 2 is 1.86 bits per heavy atom. The zero-order valence-corrected chi connectivity index (χ0v) is 20.8. The third-order valence-corrected chi connectivity index (χ3v) is 8.88. The van der Waals surface area contributed by atoms with Crippen molar-refractivity contribution in [1.82, 2.24) is 19.7 Å². The number of ether oxygens (including phenoxy) is 1. The number of nitrogens with one attached hydrogen (secondary N) is 1. The van der Waals surface area contributed by atoms with Crippen LogP contribution in [0, 0.1) is 0 Å². The molecule has 2 aromatic heterocycles. The van der Waals surface area contributed by atoms with Gasteiger partial charge in [-0.05, 0) is 17.2 Å². The Labute approximate surface area is 208 Å². The highest BCUT2D eigenvalue weighted by Crippen LogP contribution is 2.55. The standard InChI is InChI=1S/C18H23ClN6O9P2/c19-18-23-15(22-14(20)9-4-2-1-3-5-9)10-6-21-25(16(10)24-18)17-13(27)12(26)11(34-17)7-33-36(31,32)8-35(28,29)30/h1-6,11-14,17,26-27H,7-8,20H2,(H,31,32)(H,22,23,24)(H2,28,29,30)/t11-,12-,13-,14+,17-/m1/s1. The van der Waals surface area contributed by atoms with E-state index in [0.29, 0.717) is 5.39 Å². The van der Waals surface area contributed by atoms with Gasteiger partial charge in [-0.2, -0.15) is 15.1 Å². The maximum Gasteiger partial charge on any atom is 0.340 e. The Kier molecular flexibility index (Phi) is 7.81. The van der Waals surface area contributed by atoms with Crippen molar-refractivity contribution in [2.45, 2.75) is 30.7 Å². The Morgan fingerprint density at radius 1 is 1.17 bits per heavy atom. The van der Waals surface area contributed by atoms with Gasteiger partial charge in [0, 0.05) is 0 Å². The summed E-state index contributed by atoms with van der Waals surface area (Å²) >= 11 is 6.10. The van der Waals surface area contributed by atoms with Crippen LogP contribution in [0.15, 0.2) is 36.5 Å². The van der Waals surface area contributed by atoms with Gasteiger partial charge in [-0.3, -0.25) is 9.13 Å². The molecule has 1 fully saturated rings. The van der Waals surface area contributed by atoms with Gasteiger partial charge < -0.3 is 45.2 Å². The number of benzene rings is 1. The molecule has 1 aliphatic heterocycles. The minimum Gasteiger partial charge on any atom is -0.387 e. The fraction of sp³-hybridized carbons (Fsp3) is 0.389. The Bertz CT molecular complexity index is 1330. The summed E-state index contributed by atoms with van der Waals surface area (Å²) in [4.78, 5) is 35.7. The first kappa shape index (κ1) is 27.0. The van der Waals surface area contributed by atoms with Crippen LogP contribution in [0.1, 0.15) is 18.0 Å². The molecule has 8 N–H and O–H groups in total. The molecule has 0 saturated carbocycles. The van der Waals surface area contributed by atoms with E-state index >= 15 is 0 Å². The fourth-order valence-electron chi connectivity index (χ4n) is 3.62. The molecule has 0 spiro atoms. The van der Waals surface area contributed by atoms with E-state index in [-0.39, 0.29) is 16.7 Å². The summed E-state index contributed by atoms with van der Waals surface area (Å²) in [5.41, 5.74) is 7.12. The summed E-state index contributed by atoms with van der Waals surface area (Å²) in [6.45, 7) is -0.740. The molecule has 0 bridgehead atoms. The molecule has 3 aromatic rings. The quantitative estimate of drug-likeness (QED) is 0.106. The maximum absolute atomic E-state index is 11.9. The van der Waals surface area contributed by atoms with E-state index in [1.165, 1.54) is 6.20 Å². The number of halogens is 1. The monoisotopic (exact) mass is 564 g/mol. The predicted octanol–water partition coefficient (Wildman–Crippen LogP) is 0.505. The minimum absolute atomic E-state index is 0.130. The third kappa shape index (κ3) is 6.10. The topological polar surface area (TPSA) is 235 Å². The summed E-state index contributed by atoms with van der Waals surface area (Å²) in [7, 11) is -9.54. The average molecular weight is 565 g/mol. The summed E-state index contributed by atoms with van der Waals surface area (Å²) in [5, 5.41) is 28.3. The third-order valence-electron chi connectivity index (χ3n) is 5.26. The van der Waals surface area contributed by atoms with E-state index in [4.69, 9.17) is 36.4 Å². The number of rotatable bonds is 9. The number of aliphatic hydroxyl groups is 2. The molecule has 18 heteroatoms. The molecule has 6 atom stereocenters. The van der Waals surface area contributed by atoms with E-state index in [1.807, 2.05) is 30.3 Å². The average Bonchev–Trinajstić information content (AvgIpc) is 3.32. The number of fused-ring (bicyclic) bond motifs is 1. The van der Waals surface area contributed by atoms with Gasteiger partial charge in [0.1, 0.15) is 30.3 Å². The molecular weight excluding hydrogens is 542 g/mol. The molecule has 3 heterocycles. The highest BCUT2D eigenvalue weighted by atomic mass is 35.5. The molecule has 1 unspecified atom stereocenters. The lowest BCUT2D eigenvalue weighted by Crippen LogP contribution is -2.33. The van der Waals surface area contributed by atoms with Gasteiger partial charge in [0.15, 0.2) is 17.8 Å². The van der Waals surface area contributed by atoms with Crippen molar-refractivity contribution in [2.75, 3.05) is 17.8 Å². The smallest absolute Gasteiger partial charge is 0.340 e. The summed E-state index contributed by atoms with van der Waals surface area (Å²) in [6.07, 6.45) is -5.08.